The molecule has 0 saturated carbocycles. The molecule has 0 bridgehead atoms. The second kappa shape index (κ2) is 13.1. The van der Waals surface area contributed by atoms with Crippen molar-refractivity contribution >= 4 is 65.4 Å². The van der Waals surface area contributed by atoms with E-state index in [0.29, 0.717) is 17.5 Å². The highest BCUT2D eigenvalue weighted by atomic mass is 16.3. The lowest BCUT2D eigenvalue weighted by molar-refractivity contribution is 0.669. The lowest BCUT2D eigenvalue weighted by atomic mass is 9.95. The SMILES string of the molecule is Cc1cccc(-c2ccc3c(c2)oc2cccc(-c4nc(-c5ccccc5)nc(-c5cccc(-c6cccc7c6ccc6c8cc9ccccc9cc8oc76)c5)n4)c23)c1. The summed E-state index contributed by atoms with van der Waals surface area (Å²) in [4.78, 5) is 15.4. The Morgan fingerprint density at radius 3 is 1.85 bits per heavy atom. The molecule has 3 heterocycles. The maximum atomic E-state index is 6.62. The number of fused-ring (bicyclic) bond motifs is 9. The van der Waals surface area contributed by atoms with E-state index in [9.17, 15) is 0 Å². The largest absolute Gasteiger partial charge is 0.456 e. The molecule has 0 unspecified atom stereocenters. The van der Waals surface area contributed by atoms with Crippen molar-refractivity contribution in [1.82, 2.24) is 15.0 Å². The Hall–Kier alpha value is -7.89. The Morgan fingerprint density at radius 1 is 0.339 bits per heavy atom. The molecular weight excluding hydrogens is 723 g/mol. The van der Waals surface area contributed by atoms with Crippen molar-refractivity contribution in [2.24, 2.45) is 0 Å². The topological polar surface area (TPSA) is 65.0 Å². The van der Waals surface area contributed by atoms with Gasteiger partial charge in [0.05, 0.1) is 0 Å². The van der Waals surface area contributed by atoms with Crippen molar-refractivity contribution in [2.45, 2.75) is 6.92 Å². The van der Waals surface area contributed by atoms with Crippen LogP contribution in [0.3, 0.4) is 0 Å². The predicted molar refractivity (Wildman–Crippen MR) is 241 cm³/mol. The summed E-state index contributed by atoms with van der Waals surface area (Å²) >= 11 is 0. The van der Waals surface area contributed by atoms with Crippen LogP contribution in [0.4, 0.5) is 0 Å². The van der Waals surface area contributed by atoms with Gasteiger partial charge in [0.1, 0.15) is 22.3 Å². The second-order valence-electron chi connectivity index (χ2n) is 15.3. The monoisotopic (exact) mass is 755 g/mol. The first-order chi connectivity index (χ1) is 29.1. The maximum Gasteiger partial charge on any atom is 0.164 e. The van der Waals surface area contributed by atoms with E-state index in [4.69, 9.17) is 23.8 Å². The molecule has 0 radical (unpaired) electrons. The molecular formula is C54H33N3O2. The molecule has 0 aliphatic rings. The van der Waals surface area contributed by atoms with Crippen LogP contribution < -0.4 is 0 Å². The summed E-state index contributed by atoms with van der Waals surface area (Å²) in [7, 11) is 0. The van der Waals surface area contributed by atoms with Gasteiger partial charge in [0.15, 0.2) is 17.5 Å². The van der Waals surface area contributed by atoms with Gasteiger partial charge in [0, 0.05) is 43.6 Å². The zero-order valence-electron chi connectivity index (χ0n) is 32.0. The van der Waals surface area contributed by atoms with Crippen LogP contribution in [0.15, 0.2) is 191 Å². The third-order valence-corrected chi connectivity index (χ3v) is 11.6. The summed E-state index contributed by atoms with van der Waals surface area (Å²) < 4.78 is 13.1. The standard InChI is InChI=1S/C54H33N3O2/c1-32-11-7-16-34(27-32)37-23-24-44-48(31-37)58-47-22-10-21-45(50(44)47)54-56-52(33-12-3-2-4-13-33)55-53(57-54)39-18-8-17-38(28-39)40-19-9-20-42-41(40)25-26-43-46-29-35-14-5-6-15-36(35)30-49(46)59-51(42)43/h2-31H,1H3. The smallest absolute Gasteiger partial charge is 0.164 e. The van der Waals surface area contributed by atoms with Gasteiger partial charge in [-0.25, -0.2) is 15.0 Å². The van der Waals surface area contributed by atoms with E-state index in [2.05, 4.69) is 146 Å². The fourth-order valence-corrected chi connectivity index (χ4v) is 8.71. The van der Waals surface area contributed by atoms with Gasteiger partial charge in [0.25, 0.3) is 0 Å². The number of hydrogen-bond acceptors (Lipinski definition) is 5. The minimum absolute atomic E-state index is 0.584. The Labute approximate surface area is 338 Å². The van der Waals surface area contributed by atoms with Gasteiger partial charge in [-0.2, -0.15) is 0 Å². The van der Waals surface area contributed by atoms with Crippen LogP contribution in [0, 0.1) is 6.92 Å². The number of nitrogens with zero attached hydrogens (tertiary/aromatic N) is 3. The number of aromatic nitrogens is 3. The van der Waals surface area contributed by atoms with Gasteiger partial charge in [-0.05, 0) is 87.8 Å². The third kappa shape index (κ3) is 5.51. The molecule has 12 aromatic rings. The second-order valence-corrected chi connectivity index (χ2v) is 15.3. The van der Waals surface area contributed by atoms with E-state index < -0.39 is 0 Å². The average Bonchev–Trinajstić information content (AvgIpc) is 3.86. The molecule has 0 aliphatic carbocycles. The molecule has 0 fully saturated rings. The fraction of sp³-hybridized carbons (Fsp3) is 0.0185. The van der Waals surface area contributed by atoms with E-state index in [0.717, 1.165) is 93.6 Å². The Morgan fingerprint density at radius 2 is 0.966 bits per heavy atom. The van der Waals surface area contributed by atoms with Gasteiger partial charge in [-0.15, -0.1) is 0 Å². The minimum atomic E-state index is 0.584. The molecule has 0 atom stereocenters. The molecule has 3 aromatic heterocycles. The van der Waals surface area contributed by atoms with Crippen molar-refractivity contribution in [1.29, 1.82) is 0 Å². The number of hydrogen-bond donors (Lipinski definition) is 0. The Kier molecular flexibility index (Phi) is 7.38. The van der Waals surface area contributed by atoms with E-state index in [-0.39, 0.29) is 0 Å². The molecule has 0 N–H and O–H groups in total. The van der Waals surface area contributed by atoms with Crippen LogP contribution in [-0.4, -0.2) is 15.0 Å². The molecule has 12 rings (SSSR count). The number of furan rings is 2. The van der Waals surface area contributed by atoms with E-state index in [1.54, 1.807) is 0 Å². The van der Waals surface area contributed by atoms with Gasteiger partial charge in [-0.3, -0.25) is 0 Å². The predicted octanol–water partition coefficient (Wildman–Crippen LogP) is 14.6. The first-order valence-electron chi connectivity index (χ1n) is 19.8. The summed E-state index contributed by atoms with van der Waals surface area (Å²) in [6, 6.07) is 63.3. The van der Waals surface area contributed by atoms with Gasteiger partial charge in [0.2, 0.25) is 0 Å². The highest BCUT2D eigenvalue weighted by molar-refractivity contribution is 6.19. The van der Waals surface area contributed by atoms with E-state index in [1.807, 2.05) is 42.5 Å². The minimum Gasteiger partial charge on any atom is -0.456 e. The van der Waals surface area contributed by atoms with Crippen molar-refractivity contribution in [3.63, 3.8) is 0 Å². The van der Waals surface area contributed by atoms with E-state index in [1.165, 1.54) is 16.3 Å². The lowest BCUT2D eigenvalue weighted by Gasteiger charge is -2.11. The van der Waals surface area contributed by atoms with Gasteiger partial charge in [-0.1, -0.05) is 145 Å². The third-order valence-electron chi connectivity index (χ3n) is 11.6. The molecule has 9 aromatic carbocycles. The highest BCUT2D eigenvalue weighted by Crippen LogP contribution is 2.41. The molecule has 59 heavy (non-hydrogen) atoms. The molecule has 0 saturated heterocycles. The Bertz CT molecular complexity index is 3640. The summed E-state index contributed by atoms with van der Waals surface area (Å²) in [5.41, 5.74) is 11.7. The molecule has 0 spiro atoms. The van der Waals surface area contributed by atoms with E-state index >= 15 is 0 Å². The zero-order valence-corrected chi connectivity index (χ0v) is 32.0. The van der Waals surface area contributed by atoms with Crippen LogP contribution in [0.25, 0.3) is 122 Å². The maximum absolute atomic E-state index is 6.62. The zero-order chi connectivity index (χ0) is 39.0. The number of rotatable bonds is 5. The molecule has 5 nitrogen and oxygen atoms in total. The van der Waals surface area contributed by atoms with Crippen LogP contribution in [-0.2, 0) is 0 Å². The average molecular weight is 756 g/mol. The van der Waals surface area contributed by atoms with Crippen LogP contribution >= 0.6 is 0 Å². The summed E-state index contributed by atoms with van der Waals surface area (Å²) in [5.74, 6) is 1.78. The van der Waals surface area contributed by atoms with Gasteiger partial charge >= 0.3 is 0 Å². The summed E-state index contributed by atoms with van der Waals surface area (Å²) in [6.45, 7) is 2.11. The first-order valence-corrected chi connectivity index (χ1v) is 19.8. The number of benzene rings is 9. The van der Waals surface area contributed by atoms with Crippen molar-refractivity contribution in [2.75, 3.05) is 0 Å². The normalized spacial score (nSPS) is 11.8. The summed E-state index contributed by atoms with van der Waals surface area (Å²) in [6.07, 6.45) is 0. The highest BCUT2D eigenvalue weighted by Gasteiger charge is 2.19. The lowest BCUT2D eigenvalue weighted by Crippen LogP contribution is -2.00. The summed E-state index contributed by atoms with van der Waals surface area (Å²) in [5, 5.41) is 8.79. The molecule has 0 amide bonds. The van der Waals surface area contributed by atoms with Crippen LogP contribution in [0.1, 0.15) is 5.56 Å². The first kappa shape index (κ1) is 33.3. The fourth-order valence-electron chi connectivity index (χ4n) is 8.71. The quantitative estimate of drug-likeness (QED) is 0.175. The molecule has 5 heteroatoms. The number of aryl methyl sites for hydroxylation is 1. The van der Waals surface area contributed by atoms with Crippen molar-refractivity contribution in [3.8, 4) is 56.4 Å². The van der Waals surface area contributed by atoms with Crippen molar-refractivity contribution < 1.29 is 8.83 Å². The molecule has 0 aliphatic heterocycles. The Balaban J connectivity index is 1.00. The van der Waals surface area contributed by atoms with Crippen molar-refractivity contribution in [3.05, 3.63) is 188 Å². The van der Waals surface area contributed by atoms with Gasteiger partial charge < -0.3 is 8.83 Å². The van der Waals surface area contributed by atoms with Crippen LogP contribution in [0.5, 0.6) is 0 Å². The molecule has 276 valence electrons. The van der Waals surface area contributed by atoms with Crippen LogP contribution in [0.2, 0.25) is 0 Å².